The molecule has 1 amide bonds. The van der Waals surface area contributed by atoms with E-state index in [0.717, 1.165) is 6.42 Å². The van der Waals surface area contributed by atoms with Crippen LogP contribution in [0.2, 0.25) is 0 Å². The Bertz CT molecular complexity index is 86.1. The van der Waals surface area contributed by atoms with E-state index in [4.69, 9.17) is 5.73 Å². The fourth-order valence-electron chi connectivity index (χ4n) is 0.234. The van der Waals surface area contributed by atoms with Crippen LogP contribution in [-0.2, 0) is 4.79 Å². The van der Waals surface area contributed by atoms with Gasteiger partial charge in [0.1, 0.15) is 0 Å². The molecule has 0 radical (unpaired) electrons. The zero-order chi connectivity index (χ0) is 5.70. The van der Waals surface area contributed by atoms with Crippen molar-refractivity contribution in [3.8, 4) is 0 Å². The molecule has 0 aromatic rings. The van der Waals surface area contributed by atoms with Gasteiger partial charge in [-0.3, -0.25) is 4.79 Å². The molecule has 0 saturated carbocycles. The first-order valence-electron chi connectivity index (χ1n) is 2.23. The Balaban J connectivity index is 3.26. The summed E-state index contributed by atoms with van der Waals surface area (Å²) in [4.78, 5) is 9.89. The highest BCUT2D eigenvalue weighted by Gasteiger charge is 1.75. The predicted octanol–water partition coefficient (Wildman–Crippen LogP) is 0.438. The van der Waals surface area contributed by atoms with E-state index in [-0.39, 0.29) is 5.91 Å². The van der Waals surface area contributed by atoms with Crippen molar-refractivity contribution in [2.24, 2.45) is 5.73 Å². The topological polar surface area (TPSA) is 43.1 Å². The summed E-state index contributed by atoms with van der Waals surface area (Å²) in [6.45, 7) is 1.94. The summed E-state index contributed by atoms with van der Waals surface area (Å²) >= 11 is 0. The van der Waals surface area contributed by atoms with E-state index < -0.39 is 0 Å². The third-order valence-corrected chi connectivity index (χ3v) is 0.518. The molecule has 0 unspecified atom stereocenters. The van der Waals surface area contributed by atoms with Gasteiger partial charge in [0.25, 0.3) is 0 Å². The average molecular weight is 99.1 g/mol. The van der Waals surface area contributed by atoms with Gasteiger partial charge < -0.3 is 5.73 Å². The van der Waals surface area contributed by atoms with Crippen LogP contribution in [0.3, 0.4) is 0 Å². The molecule has 7 heavy (non-hydrogen) atoms. The molecule has 2 nitrogen and oxygen atoms in total. The van der Waals surface area contributed by atoms with Crippen molar-refractivity contribution in [3.05, 3.63) is 12.2 Å². The molecule has 0 heterocycles. The highest BCUT2D eigenvalue weighted by molar-refractivity contribution is 5.85. The quantitative estimate of drug-likeness (QED) is 0.501. The highest BCUT2D eigenvalue weighted by atomic mass is 16.1. The van der Waals surface area contributed by atoms with Gasteiger partial charge in [0.05, 0.1) is 0 Å². The molecule has 0 aliphatic carbocycles. The lowest BCUT2D eigenvalue weighted by atomic mass is 10.4. The second-order valence-electron chi connectivity index (χ2n) is 1.21. The number of primary amides is 1. The van der Waals surface area contributed by atoms with Crippen LogP contribution in [-0.4, -0.2) is 5.91 Å². The maximum atomic E-state index is 9.89. The van der Waals surface area contributed by atoms with Gasteiger partial charge in [0.2, 0.25) is 5.91 Å². The Hall–Kier alpha value is -0.790. The van der Waals surface area contributed by atoms with Crippen LogP contribution in [0.15, 0.2) is 12.2 Å². The van der Waals surface area contributed by atoms with Crippen molar-refractivity contribution in [3.63, 3.8) is 0 Å². The fraction of sp³-hybridized carbons (Fsp3) is 0.400. The van der Waals surface area contributed by atoms with Gasteiger partial charge >= 0.3 is 0 Å². The summed E-state index contributed by atoms with van der Waals surface area (Å²) in [5.74, 6) is -0.373. The third kappa shape index (κ3) is 5.21. The zero-order valence-corrected chi connectivity index (χ0v) is 4.35. The minimum Gasteiger partial charge on any atom is -0.366 e. The molecule has 0 aliphatic heterocycles. The predicted molar refractivity (Wildman–Crippen MR) is 28.6 cm³/mol. The first-order chi connectivity index (χ1) is 3.27. The van der Waals surface area contributed by atoms with Crippen LogP contribution in [0.4, 0.5) is 0 Å². The van der Waals surface area contributed by atoms with Crippen LogP contribution in [0.1, 0.15) is 13.3 Å². The average Bonchev–Trinajstić information content (AvgIpc) is 1.61. The number of rotatable bonds is 2. The van der Waals surface area contributed by atoms with Gasteiger partial charge in [-0.2, -0.15) is 0 Å². The fourth-order valence-corrected chi connectivity index (χ4v) is 0.234. The molecule has 0 aromatic carbocycles. The van der Waals surface area contributed by atoms with E-state index >= 15 is 0 Å². The van der Waals surface area contributed by atoms with Gasteiger partial charge in [-0.15, -0.1) is 0 Å². The molecule has 0 saturated heterocycles. The van der Waals surface area contributed by atoms with E-state index in [0.29, 0.717) is 0 Å². The molecule has 0 atom stereocenters. The first-order valence-corrected chi connectivity index (χ1v) is 2.23. The molecule has 0 aromatic heterocycles. The molecule has 2 N–H and O–H groups in total. The van der Waals surface area contributed by atoms with Crippen molar-refractivity contribution in [1.29, 1.82) is 0 Å². The second-order valence-corrected chi connectivity index (χ2v) is 1.21. The summed E-state index contributed by atoms with van der Waals surface area (Å²) < 4.78 is 0. The van der Waals surface area contributed by atoms with E-state index in [1.165, 1.54) is 6.08 Å². The van der Waals surface area contributed by atoms with Crippen LogP contribution >= 0.6 is 0 Å². The zero-order valence-electron chi connectivity index (χ0n) is 4.35. The summed E-state index contributed by atoms with van der Waals surface area (Å²) in [5, 5.41) is 0. The number of nitrogens with two attached hydrogens (primary N) is 1. The number of carbonyl (C=O) groups excluding carboxylic acids is 1. The largest absolute Gasteiger partial charge is 0.366 e. The Kier molecular flexibility index (Phi) is 3.02. The maximum Gasteiger partial charge on any atom is 0.241 e. The lowest BCUT2D eigenvalue weighted by molar-refractivity contribution is -0.113. The highest BCUT2D eigenvalue weighted by Crippen LogP contribution is 1.75. The van der Waals surface area contributed by atoms with Crippen LogP contribution < -0.4 is 5.73 Å². The molecule has 0 rings (SSSR count). The SMILES string of the molecule is CC/C=C\C(N)=O. The first kappa shape index (κ1) is 6.21. The summed E-state index contributed by atoms with van der Waals surface area (Å²) in [5.41, 5.74) is 4.75. The smallest absolute Gasteiger partial charge is 0.241 e. The van der Waals surface area contributed by atoms with E-state index in [2.05, 4.69) is 0 Å². The van der Waals surface area contributed by atoms with E-state index in [9.17, 15) is 4.79 Å². The van der Waals surface area contributed by atoms with Crippen LogP contribution in [0.25, 0.3) is 0 Å². The molecule has 40 valence electrons. The summed E-state index contributed by atoms with van der Waals surface area (Å²) in [7, 11) is 0. The van der Waals surface area contributed by atoms with Crippen molar-refractivity contribution in [2.45, 2.75) is 13.3 Å². The molecule has 0 bridgehead atoms. The van der Waals surface area contributed by atoms with Crippen LogP contribution in [0.5, 0.6) is 0 Å². The second kappa shape index (κ2) is 3.40. The summed E-state index contributed by atoms with van der Waals surface area (Å²) in [6, 6.07) is 0. The lowest BCUT2D eigenvalue weighted by Crippen LogP contribution is -2.04. The number of allylic oxidation sites excluding steroid dienone is 1. The van der Waals surface area contributed by atoms with Gasteiger partial charge in [-0.25, -0.2) is 0 Å². The Labute approximate surface area is 43.0 Å². The van der Waals surface area contributed by atoms with E-state index in [1.807, 2.05) is 6.92 Å². The van der Waals surface area contributed by atoms with Gasteiger partial charge in [-0.1, -0.05) is 13.0 Å². The Morgan fingerprint density at radius 3 is 2.57 bits per heavy atom. The standard InChI is InChI=1S/C5H9NO/c1-2-3-4-5(6)7/h3-4H,2H2,1H3,(H2,6,7)/b4-3-. The number of amides is 1. The molecular weight excluding hydrogens is 90.1 g/mol. The third-order valence-electron chi connectivity index (χ3n) is 0.518. The Morgan fingerprint density at radius 1 is 1.86 bits per heavy atom. The minimum absolute atomic E-state index is 0.373. The van der Waals surface area contributed by atoms with Gasteiger partial charge in [0.15, 0.2) is 0 Å². The van der Waals surface area contributed by atoms with Gasteiger partial charge in [0, 0.05) is 0 Å². The van der Waals surface area contributed by atoms with Crippen molar-refractivity contribution < 1.29 is 4.79 Å². The normalized spacial score (nSPS) is 9.86. The maximum absolute atomic E-state index is 9.89. The Morgan fingerprint density at radius 2 is 2.43 bits per heavy atom. The molecule has 0 fully saturated rings. The summed E-state index contributed by atoms with van der Waals surface area (Å²) in [6.07, 6.45) is 3.95. The van der Waals surface area contributed by atoms with Crippen molar-refractivity contribution in [1.82, 2.24) is 0 Å². The number of carbonyl (C=O) groups is 1. The number of hydrogen-bond donors (Lipinski definition) is 1. The van der Waals surface area contributed by atoms with Crippen molar-refractivity contribution in [2.75, 3.05) is 0 Å². The monoisotopic (exact) mass is 99.1 g/mol. The minimum atomic E-state index is -0.373. The van der Waals surface area contributed by atoms with Crippen LogP contribution in [0, 0.1) is 0 Å². The lowest BCUT2D eigenvalue weighted by Gasteiger charge is -1.74. The van der Waals surface area contributed by atoms with E-state index in [1.54, 1.807) is 6.08 Å². The van der Waals surface area contributed by atoms with Crippen molar-refractivity contribution >= 4 is 5.91 Å². The van der Waals surface area contributed by atoms with Gasteiger partial charge in [-0.05, 0) is 12.5 Å². The molecule has 0 spiro atoms. The molecule has 2 heteroatoms. The number of hydrogen-bond acceptors (Lipinski definition) is 1. The molecular formula is C5H9NO. The molecule has 0 aliphatic rings.